The summed E-state index contributed by atoms with van der Waals surface area (Å²) in [6.45, 7) is 5.64. The molecule has 0 aliphatic heterocycles. The minimum atomic E-state index is -0.542. The second-order valence-electron chi connectivity index (χ2n) is 6.38. The van der Waals surface area contributed by atoms with Crippen LogP contribution in [0.1, 0.15) is 47.9 Å². The minimum Gasteiger partial charge on any atom is -0.457 e. The van der Waals surface area contributed by atoms with Crippen molar-refractivity contribution in [2.75, 3.05) is 23.4 Å². The fourth-order valence-electron chi connectivity index (χ4n) is 2.34. The van der Waals surface area contributed by atoms with E-state index in [4.69, 9.17) is 9.26 Å². The number of esters is 1. The number of rotatable bonds is 10. The van der Waals surface area contributed by atoms with Crippen LogP contribution in [0.4, 0.5) is 5.82 Å². The molecule has 28 heavy (non-hydrogen) atoms. The molecule has 8 heteroatoms. The standard InChI is InChI=1S/C20H24N2O5S/c1-4-13(2)15-5-7-16(8-6-15)17(23)10-26-20(25)12-28-11-19(24)21-18-9-14(3)27-22-18/h5-9,13H,4,10-12H2,1-3H3,(H,21,22,24)/t13-/m1/s1. The summed E-state index contributed by atoms with van der Waals surface area (Å²) in [6, 6.07) is 8.95. The molecule has 150 valence electrons. The number of Topliss-reactive ketones (excluding diaryl/α,β-unsaturated/α-hetero) is 1. The average Bonchev–Trinajstić information content (AvgIpc) is 3.10. The molecule has 1 aromatic carbocycles. The van der Waals surface area contributed by atoms with Crippen LogP contribution in [0.25, 0.3) is 0 Å². The number of benzene rings is 1. The third-order valence-electron chi connectivity index (χ3n) is 4.13. The molecule has 1 heterocycles. The fraction of sp³-hybridized carbons (Fsp3) is 0.400. The van der Waals surface area contributed by atoms with Crippen molar-refractivity contribution in [3.8, 4) is 0 Å². The van der Waals surface area contributed by atoms with E-state index in [-0.39, 0.29) is 29.8 Å². The van der Waals surface area contributed by atoms with Crippen LogP contribution in [0.2, 0.25) is 0 Å². The number of aryl methyl sites for hydroxylation is 1. The van der Waals surface area contributed by atoms with Gasteiger partial charge in [0, 0.05) is 11.6 Å². The van der Waals surface area contributed by atoms with Gasteiger partial charge in [0.15, 0.2) is 18.2 Å². The maximum atomic E-state index is 12.1. The molecule has 0 spiro atoms. The third kappa shape index (κ3) is 6.84. The van der Waals surface area contributed by atoms with Crippen molar-refractivity contribution in [2.45, 2.75) is 33.1 Å². The van der Waals surface area contributed by atoms with Crippen molar-refractivity contribution in [2.24, 2.45) is 0 Å². The molecule has 0 aliphatic carbocycles. The summed E-state index contributed by atoms with van der Waals surface area (Å²) in [4.78, 5) is 35.6. The lowest BCUT2D eigenvalue weighted by atomic mass is 9.97. The largest absolute Gasteiger partial charge is 0.457 e. The van der Waals surface area contributed by atoms with E-state index < -0.39 is 5.97 Å². The first-order valence-corrected chi connectivity index (χ1v) is 10.1. The van der Waals surface area contributed by atoms with Crippen LogP contribution in [0.15, 0.2) is 34.9 Å². The van der Waals surface area contributed by atoms with E-state index in [0.29, 0.717) is 23.1 Å². The molecular formula is C20H24N2O5S. The summed E-state index contributed by atoms with van der Waals surface area (Å²) in [5.41, 5.74) is 1.68. The monoisotopic (exact) mass is 404 g/mol. The van der Waals surface area contributed by atoms with Gasteiger partial charge in [0.1, 0.15) is 5.76 Å². The normalized spacial score (nSPS) is 11.7. The number of nitrogens with one attached hydrogen (secondary N) is 1. The average molecular weight is 404 g/mol. The molecule has 0 unspecified atom stereocenters. The second-order valence-corrected chi connectivity index (χ2v) is 7.36. The first-order valence-electron chi connectivity index (χ1n) is 8.98. The quantitative estimate of drug-likeness (QED) is 0.477. The maximum absolute atomic E-state index is 12.1. The Morgan fingerprint density at radius 2 is 1.93 bits per heavy atom. The Morgan fingerprint density at radius 3 is 2.54 bits per heavy atom. The zero-order valence-electron chi connectivity index (χ0n) is 16.2. The molecule has 0 saturated heterocycles. The summed E-state index contributed by atoms with van der Waals surface area (Å²) in [6.07, 6.45) is 1.03. The van der Waals surface area contributed by atoms with Gasteiger partial charge in [-0.3, -0.25) is 14.4 Å². The first-order chi connectivity index (χ1) is 13.4. The zero-order chi connectivity index (χ0) is 20.5. The van der Waals surface area contributed by atoms with Gasteiger partial charge >= 0.3 is 5.97 Å². The zero-order valence-corrected chi connectivity index (χ0v) is 17.0. The Kier molecular flexibility index (Phi) is 8.25. The van der Waals surface area contributed by atoms with Gasteiger partial charge in [-0.2, -0.15) is 0 Å². The Morgan fingerprint density at radius 1 is 1.21 bits per heavy atom. The van der Waals surface area contributed by atoms with Gasteiger partial charge < -0.3 is 14.6 Å². The van der Waals surface area contributed by atoms with Crippen LogP contribution < -0.4 is 5.32 Å². The lowest BCUT2D eigenvalue weighted by molar-refractivity contribution is -0.139. The molecule has 0 saturated carbocycles. The van der Waals surface area contributed by atoms with E-state index in [2.05, 4.69) is 24.3 Å². The minimum absolute atomic E-state index is 0.0223. The van der Waals surface area contributed by atoms with E-state index >= 15 is 0 Å². The molecule has 7 nitrogen and oxygen atoms in total. The third-order valence-corrected chi connectivity index (χ3v) is 5.03. The highest BCUT2D eigenvalue weighted by Gasteiger charge is 2.12. The Bertz CT molecular complexity index is 816. The van der Waals surface area contributed by atoms with Crippen molar-refractivity contribution >= 4 is 35.2 Å². The van der Waals surface area contributed by atoms with Crippen molar-refractivity contribution < 1.29 is 23.6 Å². The van der Waals surface area contributed by atoms with Crippen molar-refractivity contribution in [1.29, 1.82) is 0 Å². The molecule has 1 amide bonds. The molecule has 1 aromatic heterocycles. The smallest absolute Gasteiger partial charge is 0.316 e. The van der Waals surface area contributed by atoms with E-state index in [1.165, 1.54) is 5.56 Å². The summed E-state index contributed by atoms with van der Waals surface area (Å²) in [5.74, 6) is 0.291. The van der Waals surface area contributed by atoms with Crippen molar-refractivity contribution in [3.05, 3.63) is 47.2 Å². The van der Waals surface area contributed by atoms with Gasteiger partial charge in [-0.25, -0.2) is 0 Å². The van der Waals surface area contributed by atoms with E-state index in [9.17, 15) is 14.4 Å². The van der Waals surface area contributed by atoms with Crippen LogP contribution in [-0.4, -0.2) is 40.9 Å². The van der Waals surface area contributed by atoms with E-state index in [1.54, 1.807) is 25.1 Å². The molecule has 0 fully saturated rings. The Hall–Kier alpha value is -2.61. The number of hydrogen-bond donors (Lipinski definition) is 1. The second kappa shape index (κ2) is 10.7. The Balaban J connectivity index is 1.67. The van der Waals surface area contributed by atoms with Crippen LogP contribution in [0, 0.1) is 6.92 Å². The predicted octanol–water partition coefficient (Wildman–Crippen LogP) is 3.59. The van der Waals surface area contributed by atoms with Gasteiger partial charge in [0.25, 0.3) is 0 Å². The molecular weight excluding hydrogens is 380 g/mol. The molecule has 2 rings (SSSR count). The van der Waals surface area contributed by atoms with Crippen LogP contribution in [0.3, 0.4) is 0 Å². The number of hydrogen-bond acceptors (Lipinski definition) is 7. The number of carbonyl (C=O) groups excluding carboxylic acids is 3. The van der Waals surface area contributed by atoms with Crippen LogP contribution in [0.5, 0.6) is 0 Å². The number of nitrogens with zero attached hydrogens (tertiary/aromatic N) is 1. The van der Waals surface area contributed by atoms with E-state index in [1.807, 2.05) is 12.1 Å². The highest BCUT2D eigenvalue weighted by molar-refractivity contribution is 8.00. The number of ether oxygens (including phenoxy) is 1. The number of carbonyl (C=O) groups is 3. The number of aromatic nitrogens is 1. The van der Waals surface area contributed by atoms with Crippen molar-refractivity contribution in [1.82, 2.24) is 5.16 Å². The topological polar surface area (TPSA) is 98.5 Å². The maximum Gasteiger partial charge on any atom is 0.316 e. The molecule has 2 aromatic rings. The molecule has 0 radical (unpaired) electrons. The predicted molar refractivity (Wildman–Crippen MR) is 108 cm³/mol. The summed E-state index contributed by atoms with van der Waals surface area (Å²) < 4.78 is 9.84. The van der Waals surface area contributed by atoms with Crippen LogP contribution in [-0.2, 0) is 14.3 Å². The van der Waals surface area contributed by atoms with Gasteiger partial charge in [-0.15, -0.1) is 11.8 Å². The molecule has 0 bridgehead atoms. The van der Waals surface area contributed by atoms with Gasteiger partial charge in [0.2, 0.25) is 5.91 Å². The molecule has 1 atom stereocenters. The molecule has 0 aliphatic rings. The van der Waals surface area contributed by atoms with Gasteiger partial charge in [0.05, 0.1) is 11.5 Å². The summed E-state index contributed by atoms with van der Waals surface area (Å²) >= 11 is 1.09. The lowest BCUT2D eigenvalue weighted by Gasteiger charge is -2.09. The Labute approximate surface area is 168 Å². The number of ketones is 1. The highest BCUT2D eigenvalue weighted by atomic mass is 32.2. The summed E-state index contributed by atoms with van der Waals surface area (Å²) in [7, 11) is 0. The SMILES string of the molecule is CC[C@@H](C)c1ccc(C(=O)COC(=O)CSCC(=O)Nc2cc(C)on2)cc1. The first kappa shape index (κ1) is 21.7. The van der Waals surface area contributed by atoms with Crippen molar-refractivity contribution in [3.63, 3.8) is 0 Å². The summed E-state index contributed by atoms with van der Waals surface area (Å²) in [5, 5.41) is 6.20. The van der Waals surface area contributed by atoms with Gasteiger partial charge in [-0.05, 0) is 24.8 Å². The van der Waals surface area contributed by atoms with Crippen LogP contribution >= 0.6 is 11.8 Å². The number of anilines is 1. The number of thioether (sulfide) groups is 1. The van der Waals surface area contributed by atoms with Gasteiger partial charge in [-0.1, -0.05) is 43.3 Å². The van der Waals surface area contributed by atoms with E-state index in [0.717, 1.165) is 18.2 Å². The number of amides is 1. The highest BCUT2D eigenvalue weighted by Crippen LogP contribution is 2.19. The lowest BCUT2D eigenvalue weighted by Crippen LogP contribution is -2.18. The molecule has 1 N–H and O–H groups in total. The fourth-order valence-corrected chi connectivity index (χ4v) is 2.95.